The van der Waals surface area contributed by atoms with E-state index in [2.05, 4.69) is 11.0 Å². The molecular weight excluding hydrogens is 504 g/mol. The van der Waals surface area contributed by atoms with Crippen molar-refractivity contribution in [3.63, 3.8) is 0 Å². The number of methoxy groups -OCH3 is 1. The molecule has 1 amide bonds. The molecule has 7 heteroatoms. The van der Waals surface area contributed by atoms with Gasteiger partial charge in [-0.2, -0.15) is 0 Å². The first-order valence-corrected chi connectivity index (χ1v) is 14.3. The number of hydrogen-bond donors (Lipinski definition) is 1. The topological polar surface area (TPSA) is 75.4 Å². The normalized spacial score (nSPS) is 29.1. The van der Waals surface area contributed by atoms with Gasteiger partial charge in [-0.1, -0.05) is 36.4 Å². The fraction of sp³-hybridized carbons (Fsp3) is 0.424. The molecule has 2 aliphatic heterocycles. The first kappa shape index (κ1) is 25.4. The summed E-state index contributed by atoms with van der Waals surface area (Å²) >= 11 is 0. The molecule has 3 aromatic rings. The molecule has 7 nitrogen and oxygen atoms in total. The number of aliphatic hydroxyl groups is 1. The summed E-state index contributed by atoms with van der Waals surface area (Å²) in [4.78, 5) is 17.7. The van der Waals surface area contributed by atoms with Crippen LogP contribution in [0.5, 0.6) is 11.5 Å². The molecule has 1 spiro atoms. The summed E-state index contributed by atoms with van der Waals surface area (Å²) in [6, 6.07) is 16.3. The number of hydrogen-bond acceptors (Lipinski definition) is 6. The third-order valence-corrected chi connectivity index (χ3v) is 10.0. The van der Waals surface area contributed by atoms with Crippen LogP contribution in [0.2, 0.25) is 0 Å². The maximum absolute atomic E-state index is 13.4. The molecule has 4 aliphatic rings. The number of rotatable bonds is 7. The lowest BCUT2D eigenvalue weighted by atomic mass is 9.51. The number of likely N-dealkylation sites (N-methyl/N-ethyl adjacent to an activating group) is 1. The molecule has 1 aromatic heterocycles. The molecule has 2 aliphatic carbocycles. The molecule has 1 unspecified atom stereocenters. The highest BCUT2D eigenvalue weighted by Gasteiger charge is 2.66. The SMILES string of the molecule is COc1ccc2c3c1O[C@H]1[C@H](N(C)C(=O)C=Cc4ccoc4)CC[C@H]4[C@@H](C2)N(CC(O)c2ccccc2)CC[C@@]341. The van der Waals surface area contributed by atoms with Gasteiger partial charge in [0.1, 0.15) is 6.10 Å². The monoisotopic (exact) mass is 540 g/mol. The zero-order chi connectivity index (χ0) is 27.4. The highest BCUT2D eigenvalue weighted by atomic mass is 16.5. The molecule has 2 fully saturated rings. The first-order valence-electron chi connectivity index (χ1n) is 14.3. The number of β-amino-alcohol motifs (C(OH)–C–C–N with tert-alkyl or cyclic N) is 1. The molecule has 1 saturated heterocycles. The van der Waals surface area contributed by atoms with Crippen molar-refractivity contribution in [1.82, 2.24) is 9.80 Å². The van der Waals surface area contributed by atoms with E-state index < -0.39 is 6.10 Å². The van der Waals surface area contributed by atoms with Crippen molar-refractivity contribution in [3.05, 3.63) is 89.4 Å². The van der Waals surface area contributed by atoms with Gasteiger partial charge in [0.05, 0.1) is 31.8 Å². The molecule has 6 atom stereocenters. The van der Waals surface area contributed by atoms with Crippen LogP contribution in [0.3, 0.4) is 0 Å². The van der Waals surface area contributed by atoms with Gasteiger partial charge in [-0.15, -0.1) is 0 Å². The Bertz CT molecular complexity index is 1420. The molecular formula is C33H36N2O5. The van der Waals surface area contributed by atoms with E-state index in [1.807, 2.05) is 54.4 Å². The minimum absolute atomic E-state index is 0.0384. The number of furan rings is 1. The maximum Gasteiger partial charge on any atom is 0.246 e. The highest BCUT2D eigenvalue weighted by molar-refractivity contribution is 5.91. The predicted octanol–water partition coefficient (Wildman–Crippen LogP) is 4.60. The lowest BCUT2D eigenvalue weighted by molar-refractivity contribution is -0.135. The third kappa shape index (κ3) is 3.82. The van der Waals surface area contributed by atoms with Gasteiger partial charge in [0.2, 0.25) is 5.91 Å². The number of piperidine rings is 1. The summed E-state index contributed by atoms with van der Waals surface area (Å²) in [6.45, 7) is 1.50. The number of nitrogens with zero attached hydrogens (tertiary/aromatic N) is 2. The van der Waals surface area contributed by atoms with Crippen LogP contribution in [0.15, 0.2) is 71.6 Å². The average molecular weight is 541 g/mol. The van der Waals surface area contributed by atoms with Gasteiger partial charge < -0.3 is 23.9 Å². The summed E-state index contributed by atoms with van der Waals surface area (Å²) in [5.41, 5.74) is 4.26. The Balaban J connectivity index is 1.22. The number of carbonyl (C=O) groups excluding carboxylic acids is 1. The van der Waals surface area contributed by atoms with Gasteiger partial charge in [0.15, 0.2) is 11.5 Å². The van der Waals surface area contributed by atoms with Gasteiger partial charge in [0, 0.05) is 42.3 Å². The molecule has 1 N–H and O–H groups in total. The van der Waals surface area contributed by atoms with Crippen molar-refractivity contribution in [2.24, 2.45) is 5.92 Å². The first-order chi connectivity index (χ1) is 19.5. The van der Waals surface area contributed by atoms with E-state index in [0.717, 1.165) is 54.9 Å². The van der Waals surface area contributed by atoms with Crippen LogP contribution in [0.25, 0.3) is 6.08 Å². The van der Waals surface area contributed by atoms with E-state index in [1.165, 1.54) is 11.1 Å². The van der Waals surface area contributed by atoms with Crippen molar-refractivity contribution in [1.29, 1.82) is 0 Å². The zero-order valence-electron chi connectivity index (χ0n) is 23.0. The number of aliphatic hydroxyl groups excluding tert-OH is 1. The Morgan fingerprint density at radius 1 is 1.23 bits per heavy atom. The summed E-state index contributed by atoms with van der Waals surface area (Å²) in [5.74, 6) is 1.99. The van der Waals surface area contributed by atoms with Gasteiger partial charge >= 0.3 is 0 Å². The van der Waals surface area contributed by atoms with Crippen LogP contribution in [0.4, 0.5) is 0 Å². The van der Waals surface area contributed by atoms with Gasteiger partial charge in [0.25, 0.3) is 0 Å². The summed E-state index contributed by atoms with van der Waals surface area (Å²) in [5, 5.41) is 11.1. The number of amides is 1. The molecule has 208 valence electrons. The lowest BCUT2D eigenvalue weighted by Gasteiger charge is -2.60. The summed E-state index contributed by atoms with van der Waals surface area (Å²) in [6.07, 6.45) is 9.72. The van der Waals surface area contributed by atoms with Crippen molar-refractivity contribution in [3.8, 4) is 11.5 Å². The van der Waals surface area contributed by atoms with Crippen LogP contribution >= 0.6 is 0 Å². The van der Waals surface area contributed by atoms with Crippen LogP contribution < -0.4 is 9.47 Å². The van der Waals surface area contributed by atoms with E-state index in [1.54, 1.807) is 31.8 Å². The van der Waals surface area contributed by atoms with Crippen LogP contribution in [0.1, 0.15) is 47.6 Å². The van der Waals surface area contributed by atoms with E-state index in [4.69, 9.17) is 13.9 Å². The second kappa shape index (κ2) is 9.82. The standard InChI is InChI=1S/C33H36N2O5/c1-34(29(37)13-8-21-14-17-39-20-21)25-11-10-24-26-18-23-9-12-28(38-2)31-30(23)33(24,32(25)40-31)15-16-35(26)19-27(36)22-6-4-3-5-7-22/h3-9,12-14,17,20,24-27,32,36H,10-11,15-16,18-19H2,1-2H3/t24-,25+,26+,27?,32-,33-/m0/s1. The fourth-order valence-electron chi connectivity index (χ4n) is 8.19. The van der Waals surface area contributed by atoms with E-state index >= 15 is 0 Å². The maximum atomic E-state index is 13.4. The fourth-order valence-corrected chi connectivity index (χ4v) is 8.19. The molecule has 2 aromatic carbocycles. The van der Waals surface area contributed by atoms with E-state index in [0.29, 0.717) is 18.5 Å². The van der Waals surface area contributed by atoms with E-state index in [-0.39, 0.29) is 23.5 Å². The van der Waals surface area contributed by atoms with E-state index in [9.17, 15) is 9.90 Å². The Morgan fingerprint density at radius 3 is 2.85 bits per heavy atom. The largest absolute Gasteiger partial charge is 0.493 e. The second-order valence-corrected chi connectivity index (χ2v) is 11.7. The number of benzene rings is 2. The second-order valence-electron chi connectivity index (χ2n) is 11.7. The average Bonchev–Trinajstić information content (AvgIpc) is 3.63. The minimum Gasteiger partial charge on any atom is -0.493 e. The molecule has 2 bridgehead atoms. The highest BCUT2D eigenvalue weighted by Crippen LogP contribution is 2.64. The zero-order valence-corrected chi connectivity index (χ0v) is 23.0. The molecule has 3 heterocycles. The third-order valence-electron chi connectivity index (χ3n) is 10.0. The quantitative estimate of drug-likeness (QED) is 0.442. The van der Waals surface area contributed by atoms with Gasteiger partial charge in [-0.05, 0) is 67.5 Å². The number of carbonyl (C=O) groups is 1. The Labute approximate surface area is 235 Å². The number of ether oxygens (including phenoxy) is 2. The Morgan fingerprint density at radius 2 is 2.08 bits per heavy atom. The van der Waals surface area contributed by atoms with Crippen LogP contribution in [-0.4, -0.2) is 66.2 Å². The molecule has 0 radical (unpaired) electrons. The predicted molar refractivity (Wildman–Crippen MR) is 151 cm³/mol. The van der Waals surface area contributed by atoms with Crippen LogP contribution in [-0.2, 0) is 16.6 Å². The van der Waals surface area contributed by atoms with Gasteiger partial charge in [-0.25, -0.2) is 0 Å². The Hall–Kier alpha value is -3.55. The van der Waals surface area contributed by atoms with Crippen molar-refractivity contribution >= 4 is 12.0 Å². The minimum atomic E-state index is -0.527. The Kier molecular flexibility index (Phi) is 6.24. The van der Waals surface area contributed by atoms with Crippen molar-refractivity contribution < 1.29 is 23.8 Å². The van der Waals surface area contributed by atoms with Crippen molar-refractivity contribution in [2.75, 3.05) is 27.2 Å². The summed E-state index contributed by atoms with van der Waals surface area (Å²) in [7, 11) is 3.60. The van der Waals surface area contributed by atoms with Crippen molar-refractivity contribution in [2.45, 2.75) is 55.4 Å². The molecule has 7 rings (SSSR count). The summed E-state index contributed by atoms with van der Waals surface area (Å²) < 4.78 is 17.8. The number of likely N-dealkylation sites (tertiary alicyclic amines) is 1. The smallest absolute Gasteiger partial charge is 0.246 e. The molecule has 40 heavy (non-hydrogen) atoms. The van der Waals surface area contributed by atoms with Gasteiger partial charge in [-0.3, -0.25) is 9.69 Å². The molecule has 1 saturated carbocycles. The lowest BCUT2D eigenvalue weighted by Crippen LogP contribution is -2.69. The van der Waals surface area contributed by atoms with Crippen LogP contribution in [0, 0.1) is 5.92 Å².